The SMILES string of the molecule is COc1ccc(CNC2CCCN(C(=O)c3ccco3)C2)cc1Cn1cccn1. The molecular weight excluding hydrogens is 368 g/mol. The van der Waals surface area contributed by atoms with E-state index in [9.17, 15) is 4.79 Å². The third-order valence-corrected chi connectivity index (χ3v) is 5.27. The summed E-state index contributed by atoms with van der Waals surface area (Å²) in [5, 5.41) is 7.89. The monoisotopic (exact) mass is 394 g/mol. The minimum atomic E-state index is -0.0348. The number of methoxy groups -OCH3 is 1. The fraction of sp³-hybridized carbons (Fsp3) is 0.364. The van der Waals surface area contributed by atoms with Gasteiger partial charge >= 0.3 is 0 Å². The van der Waals surface area contributed by atoms with Gasteiger partial charge in [-0.3, -0.25) is 9.48 Å². The number of amides is 1. The summed E-state index contributed by atoms with van der Waals surface area (Å²) in [5.74, 6) is 1.23. The molecule has 1 amide bonds. The first kappa shape index (κ1) is 19.3. The fourth-order valence-electron chi connectivity index (χ4n) is 3.78. The lowest BCUT2D eigenvalue weighted by Crippen LogP contribution is -2.47. The molecule has 1 unspecified atom stereocenters. The van der Waals surface area contributed by atoms with Gasteiger partial charge < -0.3 is 19.4 Å². The quantitative estimate of drug-likeness (QED) is 0.667. The molecule has 3 aromatic rings. The van der Waals surface area contributed by atoms with Gasteiger partial charge in [-0.05, 0) is 48.7 Å². The van der Waals surface area contributed by atoms with E-state index in [1.165, 1.54) is 11.8 Å². The number of nitrogens with zero attached hydrogens (tertiary/aromatic N) is 3. The van der Waals surface area contributed by atoms with Gasteiger partial charge in [-0.2, -0.15) is 5.10 Å². The van der Waals surface area contributed by atoms with Crippen LogP contribution in [-0.4, -0.2) is 46.8 Å². The van der Waals surface area contributed by atoms with Crippen LogP contribution in [0.4, 0.5) is 0 Å². The van der Waals surface area contributed by atoms with Crippen LogP contribution in [-0.2, 0) is 13.1 Å². The van der Waals surface area contributed by atoms with Gasteiger partial charge in [-0.1, -0.05) is 6.07 Å². The summed E-state index contributed by atoms with van der Waals surface area (Å²) in [4.78, 5) is 14.4. The molecule has 1 aliphatic rings. The van der Waals surface area contributed by atoms with Crippen molar-refractivity contribution in [3.8, 4) is 5.75 Å². The molecule has 1 N–H and O–H groups in total. The Kier molecular flexibility index (Phi) is 5.95. The zero-order valence-corrected chi connectivity index (χ0v) is 16.6. The smallest absolute Gasteiger partial charge is 0.289 e. The standard InChI is InChI=1S/C22H26N4O3/c1-28-20-8-7-17(13-18(20)15-26-11-4-9-24-26)14-23-19-5-2-10-25(16-19)22(27)21-6-3-12-29-21/h3-4,6-9,11-13,19,23H,2,5,10,14-16H2,1H3. The molecule has 1 aromatic carbocycles. The van der Waals surface area contributed by atoms with E-state index in [0.29, 0.717) is 18.8 Å². The molecule has 0 radical (unpaired) electrons. The number of piperidine rings is 1. The van der Waals surface area contributed by atoms with Crippen LogP contribution in [0.25, 0.3) is 0 Å². The Bertz CT molecular complexity index is 922. The number of hydrogen-bond acceptors (Lipinski definition) is 5. The third-order valence-electron chi connectivity index (χ3n) is 5.27. The van der Waals surface area contributed by atoms with Crippen LogP contribution < -0.4 is 10.1 Å². The minimum absolute atomic E-state index is 0.0348. The van der Waals surface area contributed by atoms with Crippen molar-refractivity contribution in [3.63, 3.8) is 0 Å². The number of likely N-dealkylation sites (tertiary alicyclic amines) is 1. The number of rotatable bonds is 7. The zero-order chi connectivity index (χ0) is 20.1. The van der Waals surface area contributed by atoms with Crippen LogP contribution in [0.2, 0.25) is 0 Å². The lowest BCUT2D eigenvalue weighted by atomic mass is 10.0. The van der Waals surface area contributed by atoms with Gasteiger partial charge in [0, 0.05) is 43.6 Å². The summed E-state index contributed by atoms with van der Waals surface area (Å²) in [6, 6.07) is 11.9. The molecule has 29 heavy (non-hydrogen) atoms. The van der Waals surface area contributed by atoms with Gasteiger partial charge in [0.05, 0.1) is 19.9 Å². The van der Waals surface area contributed by atoms with Crippen LogP contribution in [0, 0.1) is 0 Å². The lowest BCUT2D eigenvalue weighted by molar-refractivity contribution is 0.0662. The fourth-order valence-corrected chi connectivity index (χ4v) is 3.78. The molecule has 0 aliphatic carbocycles. The number of carbonyl (C=O) groups is 1. The van der Waals surface area contributed by atoms with Crippen molar-refractivity contribution in [1.82, 2.24) is 20.0 Å². The van der Waals surface area contributed by atoms with E-state index in [0.717, 1.165) is 37.2 Å². The van der Waals surface area contributed by atoms with Gasteiger partial charge in [0.1, 0.15) is 5.75 Å². The minimum Gasteiger partial charge on any atom is -0.496 e. The predicted molar refractivity (Wildman–Crippen MR) is 109 cm³/mol. The maximum absolute atomic E-state index is 12.5. The molecule has 7 heteroatoms. The maximum Gasteiger partial charge on any atom is 0.289 e. The number of benzene rings is 1. The van der Waals surface area contributed by atoms with Crippen molar-refractivity contribution < 1.29 is 13.9 Å². The molecule has 0 bridgehead atoms. The van der Waals surface area contributed by atoms with E-state index in [1.54, 1.807) is 25.4 Å². The van der Waals surface area contributed by atoms with Crippen molar-refractivity contribution in [2.45, 2.75) is 32.0 Å². The molecule has 2 aromatic heterocycles. The van der Waals surface area contributed by atoms with Crippen LogP contribution in [0.5, 0.6) is 5.75 Å². The molecule has 1 saturated heterocycles. The molecule has 0 saturated carbocycles. The molecule has 152 valence electrons. The molecule has 3 heterocycles. The van der Waals surface area contributed by atoms with Crippen molar-refractivity contribution in [1.29, 1.82) is 0 Å². The second kappa shape index (κ2) is 8.96. The molecule has 1 aliphatic heterocycles. The number of carbonyl (C=O) groups excluding carboxylic acids is 1. The van der Waals surface area contributed by atoms with Gasteiger partial charge in [-0.15, -0.1) is 0 Å². The summed E-state index contributed by atoms with van der Waals surface area (Å²) >= 11 is 0. The van der Waals surface area contributed by atoms with E-state index in [2.05, 4.69) is 22.5 Å². The first-order valence-electron chi connectivity index (χ1n) is 9.92. The van der Waals surface area contributed by atoms with Crippen LogP contribution in [0.1, 0.15) is 34.5 Å². The largest absolute Gasteiger partial charge is 0.496 e. The van der Waals surface area contributed by atoms with Gasteiger partial charge in [0.2, 0.25) is 0 Å². The van der Waals surface area contributed by atoms with Crippen molar-refractivity contribution >= 4 is 5.91 Å². The van der Waals surface area contributed by atoms with Crippen LogP contribution in [0.3, 0.4) is 0 Å². The second-order valence-corrected chi connectivity index (χ2v) is 7.30. The highest BCUT2D eigenvalue weighted by Crippen LogP contribution is 2.21. The van der Waals surface area contributed by atoms with Gasteiger partial charge in [-0.25, -0.2) is 0 Å². The first-order valence-corrected chi connectivity index (χ1v) is 9.92. The van der Waals surface area contributed by atoms with E-state index >= 15 is 0 Å². The Balaban J connectivity index is 1.37. The molecular formula is C22H26N4O3. The molecule has 0 spiro atoms. The highest BCUT2D eigenvalue weighted by Gasteiger charge is 2.25. The number of furan rings is 1. The van der Waals surface area contributed by atoms with E-state index in [1.807, 2.05) is 27.9 Å². The number of aromatic nitrogens is 2. The van der Waals surface area contributed by atoms with Crippen LogP contribution >= 0.6 is 0 Å². The summed E-state index contributed by atoms with van der Waals surface area (Å²) in [6.45, 7) is 2.87. The zero-order valence-electron chi connectivity index (χ0n) is 16.6. The Morgan fingerprint density at radius 1 is 1.34 bits per heavy atom. The predicted octanol–water partition coefficient (Wildman–Crippen LogP) is 2.93. The van der Waals surface area contributed by atoms with E-state index in [-0.39, 0.29) is 11.9 Å². The van der Waals surface area contributed by atoms with Crippen molar-refractivity contribution in [3.05, 3.63) is 71.9 Å². The van der Waals surface area contributed by atoms with Gasteiger partial charge in [0.15, 0.2) is 5.76 Å². The van der Waals surface area contributed by atoms with Crippen molar-refractivity contribution in [2.75, 3.05) is 20.2 Å². The molecule has 7 nitrogen and oxygen atoms in total. The number of hydrogen-bond donors (Lipinski definition) is 1. The topological polar surface area (TPSA) is 72.5 Å². The molecule has 1 atom stereocenters. The van der Waals surface area contributed by atoms with Crippen LogP contribution in [0.15, 0.2) is 59.5 Å². The second-order valence-electron chi connectivity index (χ2n) is 7.30. The summed E-state index contributed by atoms with van der Waals surface area (Å²) in [7, 11) is 1.69. The van der Waals surface area contributed by atoms with Crippen molar-refractivity contribution in [2.24, 2.45) is 0 Å². The molecule has 4 rings (SSSR count). The Morgan fingerprint density at radius 3 is 3.03 bits per heavy atom. The first-order chi connectivity index (χ1) is 14.2. The maximum atomic E-state index is 12.5. The van der Waals surface area contributed by atoms with Gasteiger partial charge in [0.25, 0.3) is 5.91 Å². The number of ether oxygens (including phenoxy) is 1. The highest BCUT2D eigenvalue weighted by molar-refractivity contribution is 5.91. The lowest BCUT2D eigenvalue weighted by Gasteiger charge is -2.33. The summed E-state index contributed by atoms with van der Waals surface area (Å²) in [6.07, 6.45) is 7.29. The Morgan fingerprint density at radius 2 is 2.28 bits per heavy atom. The Hall–Kier alpha value is -3.06. The van der Waals surface area contributed by atoms with E-state index in [4.69, 9.17) is 9.15 Å². The summed E-state index contributed by atoms with van der Waals surface area (Å²) < 4.78 is 12.6. The normalized spacial score (nSPS) is 16.7. The third kappa shape index (κ3) is 4.68. The average Bonchev–Trinajstić information content (AvgIpc) is 3.46. The average molecular weight is 394 g/mol. The Labute approximate surface area is 170 Å². The highest BCUT2D eigenvalue weighted by atomic mass is 16.5. The number of nitrogens with one attached hydrogen (secondary N) is 1. The molecule has 1 fully saturated rings. The van der Waals surface area contributed by atoms with E-state index < -0.39 is 0 Å². The summed E-state index contributed by atoms with van der Waals surface area (Å²) in [5.41, 5.74) is 2.27.